The minimum Gasteiger partial charge on any atom is -0.381 e. The summed E-state index contributed by atoms with van der Waals surface area (Å²) in [4.78, 5) is 2.10. The van der Waals surface area contributed by atoms with Gasteiger partial charge in [-0.15, -0.1) is 0 Å². The standard InChI is InChI=1S/C20H19F3N4S2/c21-17-4-1-3-13(11-27-5-2-6-27)16(17)10-24-14-7-18(22)20(19(23)8-14)29-26-15-9-25-28-12-15/h1,3-4,7-9,12,24,26H,2,5-6,10-11H2. The number of rotatable bonds is 8. The Morgan fingerprint density at radius 2 is 1.86 bits per heavy atom. The van der Waals surface area contributed by atoms with Crippen LogP contribution in [-0.4, -0.2) is 22.4 Å². The van der Waals surface area contributed by atoms with Crippen LogP contribution in [-0.2, 0) is 13.1 Å². The van der Waals surface area contributed by atoms with Crippen LogP contribution in [0, 0.1) is 17.5 Å². The zero-order valence-corrected chi connectivity index (χ0v) is 17.1. The molecule has 0 saturated carbocycles. The third kappa shape index (κ3) is 4.85. The maximum Gasteiger partial charge on any atom is 0.143 e. The smallest absolute Gasteiger partial charge is 0.143 e. The number of likely N-dealkylation sites (tertiary alicyclic amines) is 1. The van der Waals surface area contributed by atoms with Gasteiger partial charge < -0.3 is 10.0 Å². The summed E-state index contributed by atoms with van der Waals surface area (Å²) in [5, 5.41) is 4.69. The molecule has 1 saturated heterocycles. The summed E-state index contributed by atoms with van der Waals surface area (Å²) in [6.07, 6.45) is 2.74. The van der Waals surface area contributed by atoms with Gasteiger partial charge >= 0.3 is 0 Å². The van der Waals surface area contributed by atoms with Gasteiger partial charge in [0.2, 0.25) is 0 Å². The highest BCUT2D eigenvalue weighted by molar-refractivity contribution is 8.00. The van der Waals surface area contributed by atoms with E-state index in [0.29, 0.717) is 17.8 Å². The molecule has 1 aromatic heterocycles. The molecule has 0 atom stereocenters. The van der Waals surface area contributed by atoms with E-state index in [9.17, 15) is 13.2 Å². The van der Waals surface area contributed by atoms with Crippen molar-refractivity contribution in [3.63, 3.8) is 0 Å². The Kier molecular flexibility index (Phi) is 6.27. The van der Waals surface area contributed by atoms with Gasteiger partial charge in [0.1, 0.15) is 22.3 Å². The Labute approximate surface area is 175 Å². The van der Waals surface area contributed by atoms with E-state index in [4.69, 9.17) is 0 Å². The number of hydrogen-bond donors (Lipinski definition) is 2. The largest absolute Gasteiger partial charge is 0.381 e. The number of anilines is 2. The van der Waals surface area contributed by atoms with Crippen molar-refractivity contribution in [1.82, 2.24) is 9.27 Å². The average Bonchev–Trinajstić information content (AvgIpc) is 3.17. The van der Waals surface area contributed by atoms with E-state index in [2.05, 4.69) is 19.3 Å². The molecule has 4 rings (SSSR count). The molecule has 3 aromatic rings. The minimum atomic E-state index is -0.692. The lowest BCUT2D eigenvalue weighted by Gasteiger charge is -2.31. The zero-order chi connectivity index (χ0) is 20.2. The highest BCUT2D eigenvalue weighted by atomic mass is 32.2. The molecule has 2 N–H and O–H groups in total. The summed E-state index contributed by atoms with van der Waals surface area (Å²) in [6.45, 7) is 2.85. The molecule has 1 aliphatic heterocycles. The Morgan fingerprint density at radius 3 is 2.52 bits per heavy atom. The van der Waals surface area contributed by atoms with Crippen molar-refractivity contribution in [2.75, 3.05) is 23.1 Å². The van der Waals surface area contributed by atoms with Crippen LogP contribution in [0.5, 0.6) is 0 Å². The summed E-state index contributed by atoms with van der Waals surface area (Å²) in [7, 11) is 0. The fourth-order valence-electron chi connectivity index (χ4n) is 3.05. The fourth-order valence-corrected chi connectivity index (χ4v) is 4.23. The number of nitrogens with one attached hydrogen (secondary N) is 2. The molecule has 29 heavy (non-hydrogen) atoms. The number of hydrogen-bond acceptors (Lipinski definition) is 6. The molecule has 0 spiro atoms. The van der Waals surface area contributed by atoms with E-state index in [1.165, 1.54) is 29.7 Å². The lowest BCUT2D eigenvalue weighted by molar-refractivity contribution is 0.172. The molecule has 152 valence electrons. The van der Waals surface area contributed by atoms with Crippen molar-refractivity contribution in [2.45, 2.75) is 24.4 Å². The van der Waals surface area contributed by atoms with Crippen LogP contribution >= 0.6 is 23.5 Å². The van der Waals surface area contributed by atoms with E-state index in [1.54, 1.807) is 17.6 Å². The number of nitrogens with zero attached hydrogens (tertiary/aromatic N) is 2. The van der Waals surface area contributed by atoms with Crippen LogP contribution in [0.3, 0.4) is 0 Å². The Morgan fingerprint density at radius 1 is 1.07 bits per heavy atom. The first-order chi connectivity index (χ1) is 14.1. The second-order valence-electron chi connectivity index (χ2n) is 6.75. The summed E-state index contributed by atoms with van der Waals surface area (Å²) < 4.78 is 50.0. The van der Waals surface area contributed by atoms with Crippen LogP contribution in [0.1, 0.15) is 17.5 Å². The maximum atomic E-state index is 14.4. The van der Waals surface area contributed by atoms with Gasteiger partial charge in [-0.3, -0.25) is 4.90 Å². The van der Waals surface area contributed by atoms with Gasteiger partial charge in [-0.1, -0.05) is 12.1 Å². The first kappa shape index (κ1) is 20.1. The van der Waals surface area contributed by atoms with E-state index in [1.807, 2.05) is 6.07 Å². The third-order valence-electron chi connectivity index (χ3n) is 4.73. The maximum absolute atomic E-state index is 14.4. The summed E-state index contributed by atoms with van der Waals surface area (Å²) in [5.41, 5.74) is 2.35. The molecule has 2 aromatic carbocycles. The second kappa shape index (κ2) is 9.06. The predicted octanol–water partition coefficient (Wildman–Crippen LogP) is 5.50. The minimum absolute atomic E-state index is 0.133. The molecule has 0 bridgehead atoms. The first-order valence-electron chi connectivity index (χ1n) is 9.14. The van der Waals surface area contributed by atoms with Gasteiger partial charge in [0.05, 0.1) is 11.9 Å². The quantitative estimate of drug-likeness (QED) is 0.457. The normalized spacial score (nSPS) is 13.9. The van der Waals surface area contributed by atoms with Crippen LogP contribution in [0.4, 0.5) is 24.5 Å². The lowest BCUT2D eigenvalue weighted by Crippen LogP contribution is -2.36. The summed E-state index contributed by atoms with van der Waals surface area (Å²) in [5.74, 6) is -1.71. The van der Waals surface area contributed by atoms with Crippen molar-refractivity contribution in [2.24, 2.45) is 0 Å². The molecule has 1 aliphatic rings. The second-order valence-corrected chi connectivity index (χ2v) is 8.22. The molecular formula is C20H19F3N4S2. The predicted molar refractivity (Wildman–Crippen MR) is 112 cm³/mol. The monoisotopic (exact) mass is 436 g/mol. The fraction of sp³-hybridized carbons (Fsp3) is 0.250. The van der Waals surface area contributed by atoms with Crippen LogP contribution in [0.15, 0.2) is 46.8 Å². The number of aromatic nitrogens is 1. The molecule has 0 amide bonds. The SMILES string of the molecule is Fc1cccc(CN2CCC2)c1CNc1cc(F)c(SNc2cnsc2)c(F)c1. The van der Waals surface area contributed by atoms with Crippen molar-refractivity contribution < 1.29 is 13.2 Å². The summed E-state index contributed by atoms with van der Waals surface area (Å²) >= 11 is 2.09. The molecule has 0 aliphatic carbocycles. The van der Waals surface area contributed by atoms with E-state index < -0.39 is 11.6 Å². The average molecular weight is 437 g/mol. The van der Waals surface area contributed by atoms with Crippen molar-refractivity contribution >= 4 is 34.9 Å². The lowest BCUT2D eigenvalue weighted by atomic mass is 10.0. The van der Waals surface area contributed by atoms with Gasteiger partial charge in [0.25, 0.3) is 0 Å². The van der Waals surface area contributed by atoms with Gasteiger partial charge in [-0.2, -0.15) is 4.37 Å². The van der Waals surface area contributed by atoms with E-state index in [0.717, 1.165) is 37.0 Å². The molecule has 0 unspecified atom stereocenters. The van der Waals surface area contributed by atoms with Gasteiger partial charge in [-0.25, -0.2) is 13.2 Å². The third-order valence-corrected chi connectivity index (χ3v) is 6.25. The molecule has 9 heteroatoms. The molecule has 0 radical (unpaired) electrons. The van der Waals surface area contributed by atoms with Gasteiger partial charge in [0.15, 0.2) is 0 Å². The van der Waals surface area contributed by atoms with E-state index in [-0.39, 0.29) is 22.9 Å². The van der Waals surface area contributed by atoms with Crippen molar-refractivity contribution in [1.29, 1.82) is 0 Å². The van der Waals surface area contributed by atoms with Crippen molar-refractivity contribution in [3.05, 3.63) is 70.5 Å². The van der Waals surface area contributed by atoms with E-state index >= 15 is 0 Å². The Balaban J connectivity index is 1.45. The first-order valence-corrected chi connectivity index (χ1v) is 10.8. The van der Waals surface area contributed by atoms with Crippen LogP contribution < -0.4 is 10.0 Å². The molecule has 4 nitrogen and oxygen atoms in total. The van der Waals surface area contributed by atoms with Gasteiger partial charge in [0, 0.05) is 29.7 Å². The number of benzene rings is 2. The molecule has 1 fully saturated rings. The molecular weight excluding hydrogens is 417 g/mol. The summed E-state index contributed by atoms with van der Waals surface area (Å²) in [6, 6.07) is 7.42. The highest BCUT2D eigenvalue weighted by Crippen LogP contribution is 2.30. The zero-order valence-electron chi connectivity index (χ0n) is 15.4. The van der Waals surface area contributed by atoms with Crippen LogP contribution in [0.25, 0.3) is 0 Å². The highest BCUT2D eigenvalue weighted by Gasteiger charge is 2.18. The van der Waals surface area contributed by atoms with Crippen LogP contribution in [0.2, 0.25) is 0 Å². The molecule has 2 heterocycles. The number of halogens is 3. The Bertz CT molecular complexity index is 955. The van der Waals surface area contributed by atoms with Gasteiger partial charge in [-0.05, 0) is 66.8 Å². The Hall–Kier alpha value is -2.23. The van der Waals surface area contributed by atoms with Crippen molar-refractivity contribution in [3.8, 4) is 0 Å². The topological polar surface area (TPSA) is 40.2 Å².